The van der Waals surface area contributed by atoms with Gasteiger partial charge in [-0.05, 0) is 50.4 Å². The zero-order chi connectivity index (χ0) is 28.9. The largest absolute Gasteiger partial charge is 0.494 e. The maximum atomic E-state index is 12.4. The van der Waals surface area contributed by atoms with Crippen LogP contribution in [-0.2, 0) is 9.63 Å². The van der Waals surface area contributed by atoms with Gasteiger partial charge in [-0.25, -0.2) is 15.0 Å². The summed E-state index contributed by atoms with van der Waals surface area (Å²) in [6.45, 7) is 5.88. The summed E-state index contributed by atoms with van der Waals surface area (Å²) in [5.41, 5.74) is 4.06. The monoisotopic (exact) mass is 553 g/mol. The van der Waals surface area contributed by atoms with Gasteiger partial charge in [-0.15, -0.1) is 6.42 Å². The number of amides is 1. The minimum Gasteiger partial charge on any atom is -0.494 e. The quantitative estimate of drug-likeness (QED) is 0.296. The predicted molar refractivity (Wildman–Crippen MR) is 162 cm³/mol. The van der Waals surface area contributed by atoms with Gasteiger partial charge in [0.15, 0.2) is 5.82 Å². The van der Waals surface area contributed by atoms with E-state index in [9.17, 15) is 4.79 Å². The first kappa shape index (κ1) is 28.0. The van der Waals surface area contributed by atoms with E-state index < -0.39 is 0 Å². The number of hydrogen-bond acceptors (Lipinski definition) is 9. The van der Waals surface area contributed by atoms with Crippen LogP contribution in [0, 0.1) is 12.3 Å². The standard InChI is InChI=1S/C31H35N7O3/c1-6-21-9-8-10-22(15-21)26-12-14-41-38(26)30-18-29(32-20-33-30)34-25-16-24(35-31(39)7-2)27(17-28(25)40-5)37-13-11-23(19-37)36(3)4/h1,7-10,15-18,20,23,26H,2,11-14,19H2,3-5H3,(H,35,39)(H,32,33,34). The van der Waals surface area contributed by atoms with Crippen molar-refractivity contribution in [1.82, 2.24) is 14.9 Å². The van der Waals surface area contributed by atoms with E-state index in [2.05, 4.69) is 57.0 Å². The summed E-state index contributed by atoms with van der Waals surface area (Å²) >= 11 is 0. The minimum atomic E-state index is -0.291. The van der Waals surface area contributed by atoms with Gasteiger partial charge in [0.2, 0.25) is 5.91 Å². The maximum Gasteiger partial charge on any atom is 0.247 e. The van der Waals surface area contributed by atoms with Gasteiger partial charge in [-0.2, -0.15) is 0 Å². The molecule has 0 saturated carbocycles. The molecule has 1 amide bonds. The van der Waals surface area contributed by atoms with Gasteiger partial charge >= 0.3 is 0 Å². The van der Waals surface area contributed by atoms with Crippen molar-refractivity contribution >= 4 is 34.6 Å². The number of likely N-dealkylation sites (N-methyl/N-ethyl adjacent to an activating group) is 1. The van der Waals surface area contributed by atoms with Gasteiger partial charge in [0.05, 0.1) is 36.8 Å². The molecule has 5 rings (SSSR count). The molecule has 0 aliphatic carbocycles. The number of hydroxylamine groups is 1. The third-order valence-corrected chi connectivity index (χ3v) is 7.48. The number of methoxy groups -OCH3 is 1. The number of benzene rings is 2. The molecule has 2 aromatic carbocycles. The van der Waals surface area contributed by atoms with Crippen LogP contribution >= 0.6 is 0 Å². The summed E-state index contributed by atoms with van der Waals surface area (Å²) in [5, 5.41) is 8.11. The second-order valence-corrected chi connectivity index (χ2v) is 10.2. The van der Waals surface area contributed by atoms with E-state index in [0.717, 1.165) is 42.7 Å². The minimum absolute atomic E-state index is 0.0351. The van der Waals surface area contributed by atoms with Crippen LogP contribution in [0.2, 0.25) is 0 Å². The van der Waals surface area contributed by atoms with Crippen LogP contribution in [0.1, 0.15) is 30.0 Å². The first-order valence-electron chi connectivity index (χ1n) is 13.5. The van der Waals surface area contributed by atoms with Gasteiger partial charge < -0.3 is 25.2 Å². The summed E-state index contributed by atoms with van der Waals surface area (Å²) in [6, 6.07) is 13.9. The average molecular weight is 554 g/mol. The molecule has 2 fully saturated rings. The third kappa shape index (κ3) is 6.11. The van der Waals surface area contributed by atoms with Crippen molar-refractivity contribution in [3.63, 3.8) is 0 Å². The Labute approximate surface area is 240 Å². The molecule has 212 valence electrons. The van der Waals surface area contributed by atoms with Crippen molar-refractivity contribution < 1.29 is 14.4 Å². The molecule has 3 heterocycles. The maximum absolute atomic E-state index is 12.4. The molecular weight excluding hydrogens is 518 g/mol. The lowest BCUT2D eigenvalue weighted by molar-refractivity contribution is -0.111. The highest BCUT2D eigenvalue weighted by Crippen LogP contribution is 2.40. The van der Waals surface area contributed by atoms with E-state index in [1.807, 2.05) is 42.5 Å². The molecule has 10 nitrogen and oxygen atoms in total. The van der Waals surface area contributed by atoms with E-state index >= 15 is 0 Å². The van der Waals surface area contributed by atoms with Crippen LogP contribution < -0.4 is 25.3 Å². The molecule has 10 heteroatoms. The molecule has 2 aliphatic rings. The molecule has 0 bridgehead atoms. The number of carbonyl (C=O) groups excluding carboxylic acids is 1. The van der Waals surface area contributed by atoms with Crippen LogP contribution in [0.25, 0.3) is 0 Å². The van der Waals surface area contributed by atoms with Crippen LogP contribution in [0.5, 0.6) is 5.75 Å². The molecular formula is C31H35N7O3. The predicted octanol–water partition coefficient (Wildman–Crippen LogP) is 4.36. The third-order valence-electron chi connectivity index (χ3n) is 7.48. The molecule has 0 radical (unpaired) electrons. The summed E-state index contributed by atoms with van der Waals surface area (Å²) in [4.78, 5) is 31.7. The average Bonchev–Trinajstić information content (AvgIpc) is 3.68. The SMILES string of the molecule is C#Cc1cccc(C2CCON2c2cc(Nc3cc(NC(=O)C=C)c(N4CCC(N(C)C)C4)cc3OC)ncn2)c1. The molecule has 0 spiro atoms. The fourth-order valence-electron chi connectivity index (χ4n) is 5.27. The number of rotatable bonds is 9. The Hall–Kier alpha value is -4.59. The molecule has 2 unspecified atom stereocenters. The molecule has 41 heavy (non-hydrogen) atoms. The summed E-state index contributed by atoms with van der Waals surface area (Å²) in [5.74, 6) is 4.18. The molecule has 2 aliphatic heterocycles. The topological polar surface area (TPSA) is 95.1 Å². The zero-order valence-corrected chi connectivity index (χ0v) is 23.6. The van der Waals surface area contributed by atoms with Crippen molar-refractivity contribution in [2.45, 2.75) is 24.9 Å². The van der Waals surface area contributed by atoms with Gasteiger partial charge in [0, 0.05) is 43.2 Å². The van der Waals surface area contributed by atoms with Crippen LogP contribution in [0.15, 0.2) is 61.4 Å². The summed E-state index contributed by atoms with van der Waals surface area (Å²) in [6.07, 6.45) is 10.2. The first-order chi connectivity index (χ1) is 19.9. The Morgan fingerprint density at radius 2 is 2.07 bits per heavy atom. The van der Waals surface area contributed by atoms with Crippen molar-refractivity contribution in [2.24, 2.45) is 0 Å². The zero-order valence-electron chi connectivity index (χ0n) is 23.6. The van der Waals surface area contributed by atoms with Gasteiger partial charge in [-0.3, -0.25) is 9.63 Å². The number of ether oxygens (including phenoxy) is 1. The fourth-order valence-corrected chi connectivity index (χ4v) is 5.27. The molecule has 2 N–H and O–H groups in total. The first-order valence-corrected chi connectivity index (χ1v) is 13.5. The van der Waals surface area contributed by atoms with Crippen molar-refractivity contribution in [1.29, 1.82) is 0 Å². The summed E-state index contributed by atoms with van der Waals surface area (Å²) < 4.78 is 5.78. The highest BCUT2D eigenvalue weighted by atomic mass is 16.7. The number of anilines is 5. The highest BCUT2D eigenvalue weighted by molar-refractivity contribution is 6.02. The van der Waals surface area contributed by atoms with Gasteiger partial charge in [0.1, 0.15) is 17.9 Å². The smallest absolute Gasteiger partial charge is 0.247 e. The number of carbonyl (C=O) groups is 1. The fraction of sp³-hybridized carbons (Fsp3) is 0.323. The Morgan fingerprint density at radius 1 is 1.22 bits per heavy atom. The van der Waals surface area contributed by atoms with Crippen molar-refractivity contribution in [3.05, 3.63) is 72.6 Å². The summed E-state index contributed by atoms with van der Waals surface area (Å²) in [7, 11) is 5.79. The van der Waals surface area contributed by atoms with Crippen LogP contribution in [0.4, 0.5) is 28.7 Å². The molecule has 1 aromatic heterocycles. The Kier molecular flexibility index (Phi) is 8.38. The van der Waals surface area contributed by atoms with Crippen molar-refractivity contribution in [2.75, 3.05) is 61.5 Å². The Morgan fingerprint density at radius 3 is 2.80 bits per heavy atom. The number of nitrogens with one attached hydrogen (secondary N) is 2. The van der Waals surface area contributed by atoms with E-state index in [4.69, 9.17) is 16.0 Å². The number of terminal acetylenes is 1. The Bertz CT molecular complexity index is 1470. The van der Waals surface area contributed by atoms with Crippen molar-refractivity contribution in [3.8, 4) is 18.1 Å². The number of hydrogen-bond donors (Lipinski definition) is 2. The lowest BCUT2D eigenvalue weighted by Gasteiger charge is -2.26. The van der Waals surface area contributed by atoms with E-state index in [0.29, 0.717) is 41.4 Å². The molecule has 3 aromatic rings. The van der Waals surface area contributed by atoms with Gasteiger partial charge in [-0.1, -0.05) is 24.6 Å². The highest BCUT2D eigenvalue weighted by Gasteiger charge is 2.30. The normalized spacial score (nSPS) is 18.3. The van der Waals surface area contributed by atoms with E-state index in [1.165, 1.54) is 12.4 Å². The van der Waals surface area contributed by atoms with Crippen LogP contribution in [0.3, 0.4) is 0 Å². The molecule has 2 saturated heterocycles. The van der Waals surface area contributed by atoms with E-state index in [-0.39, 0.29) is 11.9 Å². The van der Waals surface area contributed by atoms with E-state index in [1.54, 1.807) is 12.2 Å². The molecule has 2 atom stereocenters. The second kappa shape index (κ2) is 12.3. The van der Waals surface area contributed by atoms with Crippen LogP contribution in [-0.4, -0.2) is 67.7 Å². The Balaban J connectivity index is 1.44. The lowest BCUT2D eigenvalue weighted by atomic mass is 10.0. The van der Waals surface area contributed by atoms with Gasteiger partial charge in [0.25, 0.3) is 0 Å². The number of nitrogens with zero attached hydrogens (tertiary/aromatic N) is 5. The number of aromatic nitrogens is 2. The lowest BCUT2D eigenvalue weighted by Crippen LogP contribution is -2.31. The second-order valence-electron chi connectivity index (χ2n) is 10.2.